The lowest BCUT2D eigenvalue weighted by Crippen LogP contribution is -2.28. The molecule has 1 unspecified atom stereocenters. The zero-order valence-electron chi connectivity index (χ0n) is 8.79. The van der Waals surface area contributed by atoms with E-state index in [2.05, 4.69) is 20.8 Å². The van der Waals surface area contributed by atoms with Gasteiger partial charge in [-0.15, -0.1) is 0 Å². The zero-order valence-corrected chi connectivity index (χ0v) is 9.60. The Bertz CT molecular complexity index is 240. The molecule has 0 N–H and O–H groups in total. The number of hydrogen-bond acceptors (Lipinski definition) is 2. The summed E-state index contributed by atoms with van der Waals surface area (Å²) in [6.07, 6.45) is 1.75. The van der Waals surface area contributed by atoms with Crippen molar-refractivity contribution in [3.8, 4) is 0 Å². The lowest BCUT2D eigenvalue weighted by Gasteiger charge is -2.29. The van der Waals surface area contributed by atoms with Gasteiger partial charge in [-0.3, -0.25) is 0 Å². The van der Waals surface area contributed by atoms with E-state index in [1.54, 1.807) is 0 Å². The van der Waals surface area contributed by atoms with Crippen molar-refractivity contribution in [2.45, 2.75) is 33.6 Å². The van der Waals surface area contributed by atoms with Crippen molar-refractivity contribution in [3.63, 3.8) is 0 Å². The van der Waals surface area contributed by atoms with E-state index in [0.29, 0.717) is 29.3 Å². The van der Waals surface area contributed by atoms with Crippen LogP contribution in [0.3, 0.4) is 0 Å². The van der Waals surface area contributed by atoms with Gasteiger partial charge in [0, 0.05) is 0 Å². The van der Waals surface area contributed by atoms with Gasteiger partial charge in [-0.05, 0) is 30.6 Å². The Morgan fingerprint density at radius 3 is 1.92 bits per heavy atom. The minimum absolute atomic E-state index is 0.411. The second kappa shape index (κ2) is 3.99. The fraction of sp³-hybridized carbons (Fsp3) is 1.00. The standard InChI is InChI=1S/C10H20O2S/c1-8(2)9(3)10-4-6-13(11,12)7-5-10/h8-10H,4-7H2,1-3H3. The molecule has 13 heavy (non-hydrogen) atoms. The molecule has 3 heteroatoms. The van der Waals surface area contributed by atoms with Gasteiger partial charge in [0.25, 0.3) is 0 Å². The molecule has 1 heterocycles. The summed E-state index contributed by atoms with van der Waals surface area (Å²) in [5.74, 6) is 2.79. The lowest BCUT2D eigenvalue weighted by molar-refractivity contribution is 0.258. The maximum Gasteiger partial charge on any atom is 0.150 e. The van der Waals surface area contributed by atoms with E-state index in [-0.39, 0.29) is 0 Å². The summed E-state index contributed by atoms with van der Waals surface area (Å²) in [6.45, 7) is 6.68. The normalized spacial score (nSPS) is 26.2. The highest BCUT2D eigenvalue weighted by Gasteiger charge is 2.28. The third-order valence-corrected chi connectivity index (χ3v) is 5.11. The molecule has 0 spiro atoms. The van der Waals surface area contributed by atoms with Crippen LogP contribution in [0.2, 0.25) is 0 Å². The molecule has 1 atom stereocenters. The number of rotatable bonds is 2. The first kappa shape index (κ1) is 11.0. The third kappa shape index (κ3) is 2.97. The molecule has 0 aliphatic carbocycles. The third-order valence-electron chi connectivity index (χ3n) is 3.39. The Kier molecular flexibility index (Phi) is 3.38. The van der Waals surface area contributed by atoms with Gasteiger partial charge in [-0.1, -0.05) is 20.8 Å². The molecule has 78 valence electrons. The SMILES string of the molecule is CC(C)C(C)C1CCS(=O)(=O)CC1. The van der Waals surface area contributed by atoms with Gasteiger partial charge in [0.2, 0.25) is 0 Å². The summed E-state index contributed by atoms with van der Waals surface area (Å²) in [7, 11) is -2.67. The highest BCUT2D eigenvalue weighted by atomic mass is 32.2. The van der Waals surface area contributed by atoms with Crippen LogP contribution in [0.5, 0.6) is 0 Å². The van der Waals surface area contributed by atoms with Crippen LogP contribution < -0.4 is 0 Å². The molecule has 0 aromatic carbocycles. The molecule has 1 aliphatic rings. The monoisotopic (exact) mass is 204 g/mol. The van der Waals surface area contributed by atoms with Gasteiger partial charge in [0.1, 0.15) is 9.84 Å². The maximum atomic E-state index is 11.2. The van der Waals surface area contributed by atoms with Crippen molar-refractivity contribution in [1.29, 1.82) is 0 Å². The van der Waals surface area contributed by atoms with Crippen molar-refractivity contribution in [3.05, 3.63) is 0 Å². The molecule has 1 saturated heterocycles. The lowest BCUT2D eigenvalue weighted by atomic mass is 9.81. The topological polar surface area (TPSA) is 34.1 Å². The van der Waals surface area contributed by atoms with E-state index in [1.807, 2.05) is 0 Å². The first-order chi connectivity index (χ1) is 5.92. The van der Waals surface area contributed by atoms with Crippen LogP contribution >= 0.6 is 0 Å². The Hall–Kier alpha value is -0.0500. The van der Waals surface area contributed by atoms with Gasteiger partial charge in [-0.25, -0.2) is 8.42 Å². The van der Waals surface area contributed by atoms with E-state index in [9.17, 15) is 8.42 Å². The van der Waals surface area contributed by atoms with Crippen LogP contribution in [0.1, 0.15) is 33.6 Å². The average Bonchev–Trinajstić information content (AvgIpc) is 2.03. The van der Waals surface area contributed by atoms with Crippen LogP contribution in [0.25, 0.3) is 0 Å². The van der Waals surface area contributed by atoms with Crippen LogP contribution in [-0.4, -0.2) is 19.9 Å². The van der Waals surface area contributed by atoms with Crippen LogP contribution in [0, 0.1) is 17.8 Å². The molecular weight excluding hydrogens is 184 g/mol. The first-order valence-corrected chi connectivity index (χ1v) is 6.95. The summed E-state index contributed by atoms with van der Waals surface area (Å²) in [6, 6.07) is 0. The Balaban J connectivity index is 2.50. The highest BCUT2D eigenvalue weighted by Crippen LogP contribution is 2.30. The maximum absolute atomic E-state index is 11.2. The van der Waals surface area contributed by atoms with Crippen LogP contribution in [0.4, 0.5) is 0 Å². The van der Waals surface area contributed by atoms with Crippen molar-refractivity contribution in [1.82, 2.24) is 0 Å². The van der Waals surface area contributed by atoms with Crippen molar-refractivity contribution < 1.29 is 8.42 Å². The molecule has 1 rings (SSSR count). The van der Waals surface area contributed by atoms with E-state index < -0.39 is 9.84 Å². The van der Waals surface area contributed by atoms with E-state index in [4.69, 9.17) is 0 Å². The minimum Gasteiger partial charge on any atom is -0.229 e. The Morgan fingerprint density at radius 2 is 1.54 bits per heavy atom. The van der Waals surface area contributed by atoms with E-state index >= 15 is 0 Å². The quantitative estimate of drug-likeness (QED) is 0.690. The van der Waals surface area contributed by atoms with Crippen molar-refractivity contribution in [2.75, 3.05) is 11.5 Å². The Morgan fingerprint density at radius 1 is 1.08 bits per heavy atom. The largest absolute Gasteiger partial charge is 0.229 e. The Labute approximate surface area is 81.6 Å². The average molecular weight is 204 g/mol. The number of hydrogen-bond donors (Lipinski definition) is 0. The fourth-order valence-electron chi connectivity index (χ4n) is 1.98. The predicted octanol–water partition coefficient (Wildman–Crippen LogP) is 2.10. The first-order valence-electron chi connectivity index (χ1n) is 5.13. The molecule has 0 saturated carbocycles. The van der Waals surface area contributed by atoms with E-state index in [0.717, 1.165) is 12.8 Å². The van der Waals surface area contributed by atoms with Gasteiger partial charge in [0.15, 0.2) is 0 Å². The molecule has 0 amide bonds. The second-order valence-electron chi connectivity index (χ2n) is 4.59. The van der Waals surface area contributed by atoms with Crippen molar-refractivity contribution >= 4 is 9.84 Å². The summed E-state index contributed by atoms with van der Waals surface area (Å²) in [5, 5.41) is 0. The summed E-state index contributed by atoms with van der Waals surface area (Å²) in [4.78, 5) is 0. The van der Waals surface area contributed by atoms with E-state index in [1.165, 1.54) is 0 Å². The van der Waals surface area contributed by atoms with Gasteiger partial charge in [0.05, 0.1) is 11.5 Å². The molecule has 0 aromatic heterocycles. The molecular formula is C10H20O2S. The molecule has 1 aliphatic heterocycles. The second-order valence-corrected chi connectivity index (χ2v) is 6.90. The summed E-state index contributed by atoms with van der Waals surface area (Å²) in [5.41, 5.74) is 0. The smallest absolute Gasteiger partial charge is 0.150 e. The molecule has 2 nitrogen and oxygen atoms in total. The number of sulfone groups is 1. The molecule has 0 aromatic rings. The van der Waals surface area contributed by atoms with Crippen LogP contribution in [-0.2, 0) is 9.84 Å². The molecule has 0 radical (unpaired) electrons. The molecule has 1 fully saturated rings. The zero-order chi connectivity index (χ0) is 10.1. The minimum atomic E-state index is -2.67. The molecule has 0 bridgehead atoms. The van der Waals surface area contributed by atoms with Gasteiger partial charge >= 0.3 is 0 Å². The highest BCUT2D eigenvalue weighted by molar-refractivity contribution is 7.91. The van der Waals surface area contributed by atoms with Gasteiger partial charge in [-0.2, -0.15) is 0 Å². The predicted molar refractivity (Wildman–Crippen MR) is 55.4 cm³/mol. The fourth-order valence-corrected chi connectivity index (χ4v) is 3.51. The summed E-state index contributed by atoms with van der Waals surface area (Å²) < 4.78 is 22.4. The van der Waals surface area contributed by atoms with Crippen molar-refractivity contribution in [2.24, 2.45) is 17.8 Å². The summed E-state index contributed by atoms with van der Waals surface area (Å²) >= 11 is 0. The van der Waals surface area contributed by atoms with Crippen LogP contribution in [0.15, 0.2) is 0 Å². The van der Waals surface area contributed by atoms with Gasteiger partial charge < -0.3 is 0 Å².